The van der Waals surface area contributed by atoms with Crippen molar-refractivity contribution in [2.75, 3.05) is 0 Å². The van der Waals surface area contributed by atoms with Crippen LogP contribution in [0.5, 0.6) is 0 Å². The van der Waals surface area contributed by atoms with Gasteiger partial charge in [0.05, 0.1) is 6.42 Å². The Morgan fingerprint density at radius 2 is 2.29 bits per heavy atom. The average molecular weight is 96.1 g/mol. The van der Waals surface area contributed by atoms with Crippen molar-refractivity contribution in [3.8, 4) is 11.8 Å². The van der Waals surface area contributed by atoms with Crippen molar-refractivity contribution in [1.29, 1.82) is 0 Å². The van der Waals surface area contributed by atoms with Crippen LogP contribution in [0.15, 0.2) is 0 Å². The topological polar surface area (TPSA) is 17.1 Å². The molecule has 7 heavy (non-hydrogen) atoms. The van der Waals surface area contributed by atoms with Crippen LogP contribution in [0.1, 0.15) is 20.3 Å². The van der Waals surface area contributed by atoms with Gasteiger partial charge in [0.2, 0.25) is 0 Å². The Balaban J connectivity index is 3.26. The van der Waals surface area contributed by atoms with Crippen molar-refractivity contribution < 1.29 is 4.79 Å². The number of ketones is 1. The molecular weight excluding hydrogens is 88.1 g/mol. The molecule has 0 aliphatic carbocycles. The van der Waals surface area contributed by atoms with Gasteiger partial charge in [-0.15, -0.1) is 5.92 Å². The van der Waals surface area contributed by atoms with Gasteiger partial charge in [0.15, 0.2) is 0 Å². The van der Waals surface area contributed by atoms with Crippen molar-refractivity contribution in [1.82, 2.24) is 0 Å². The summed E-state index contributed by atoms with van der Waals surface area (Å²) in [5, 5.41) is 0. The minimum absolute atomic E-state index is 0.134. The van der Waals surface area contributed by atoms with Crippen LogP contribution in [-0.4, -0.2) is 5.78 Å². The molecule has 0 spiro atoms. The Morgan fingerprint density at radius 3 is 2.43 bits per heavy atom. The highest BCUT2D eigenvalue weighted by Crippen LogP contribution is 1.74. The number of hydrogen-bond donors (Lipinski definition) is 0. The summed E-state index contributed by atoms with van der Waals surface area (Å²) in [7, 11) is 0. The maximum Gasteiger partial charge on any atom is 0.141 e. The second kappa shape index (κ2) is 3.42. The average Bonchev–Trinajstić information content (AvgIpc) is 1.61. The van der Waals surface area contributed by atoms with E-state index in [1.807, 2.05) is 0 Å². The lowest BCUT2D eigenvalue weighted by molar-refractivity contribution is -0.116. The first kappa shape index (κ1) is 6.23. The fourth-order valence-corrected chi connectivity index (χ4v) is 0.213. The van der Waals surface area contributed by atoms with Crippen molar-refractivity contribution in [2.45, 2.75) is 20.3 Å². The van der Waals surface area contributed by atoms with E-state index in [1.165, 1.54) is 6.92 Å². The summed E-state index contributed by atoms with van der Waals surface area (Å²) >= 11 is 0. The molecule has 0 rings (SSSR count). The largest absolute Gasteiger partial charge is 0.299 e. The van der Waals surface area contributed by atoms with Crippen molar-refractivity contribution in [3.63, 3.8) is 0 Å². The second-order valence-corrected chi connectivity index (χ2v) is 1.31. The molecule has 1 heteroatoms. The quantitative estimate of drug-likeness (QED) is 0.445. The summed E-state index contributed by atoms with van der Waals surface area (Å²) in [5.41, 5.74) is 0. The summed E-state index contributed by atoms with van der Waals surface area (Å²) in [6, 6.07) is 0. The molecule has 1 nitrogen and oxygen atoms in total. The Morgan fingerprint density at radius 1 is 1.71 bits per heavy atom. The fraction of sp³-hybridized carbons (Fsp3) is 0.500. The smallest absolute Gasteiger partial charge is 0.141 e. The van der Waals surface area contributed by atoms with E-state index in [-0.39, 0.29) is 5.78 Å². The van der Waals surface area contributed by atoms with Gasteiger partial charge in [0.25, 0.3) is 0 Å². The van der Waals surface area contributed by atoms with Gasteiger partial charge in [-0.05, 0) is 13.8 Å². The first-order valence-corrected chi connectivity index (χ1v) is 2.16. The highest BCUT2D eigenvalue weighted by atomic mass is 16.1. The molecule has 0 radical (unpaired) electrons. The zero-order chi connectivity index (χ0) is 5.70. The van der Waals surface area contributed by atoms with Gasteiger partial charge in [-0.25, -0.2) is 0 Å². The van der Waals surface area contributed by atoms with Gasteiger partial charge in [-0.1, -0.05) is 5.92 Å². The van der Waals surface area contributed by atoms with E-state index >= 15 is 0 Å². The maximum atomic E-state index is 10.1. The predicted octanol–water partition coefficient (Wildman–Crippen LogP) is 0.989. The van der Waals surface area contributed by atoms with E-state index in [0.717, 1.165) is 0 Å². The SMILES string of the molecule is CC#CCC(C)=O. The van der Waals surface area contributed by atoms with E-state index in [9.17, 15) is 4.79 Å². The minimum Gasteiger partial charge on any atom is -0.299 e. The molecule has 0 bridgehead atoms. The van der Waals surface area contributed by atoms with Crippen LogP contribution in [0.25, 0.3) is 0 Å². The highest BCUT2D eigenvalue weighted by Gasteiger charge is 1.81. The summed E-state index contributed by atoms with van der Waals surface area (Å²) in [6.45, 7) is 3.26. The van der Waals surface area contributed by atoms with Gasteiger partial charge in [-0.2, -0.15) is 0 Å². The van der Waals surface area contributed by atoms with E-state index in [0.29, 0.717) is 6.42 Å². The van der Waals surface area contributed by atoms with Gasteiger partial charge in [0, 0.05) is 0 Å². The third kappa shape index (κ3) is 5.23. The lowest BCUT2D eigenvalue weighted by atomic mass is 10.3. The molecule has 0 atom stereocenters. The first-order valence-electron chi connectivity index (χ1n) is 2.16. The van der Waals surface area contributed by atoms with Gasteiger partial charge < -0.3 is 0 Å². The Labute approximate surface area is 43.7 Å². The van der Waals surface area contributed by atoms with Gasteiger partial charge in [0.1, 0.15) is 5.78 Å². The fourth-order valence-electron chi connectivity index (χ4n) is 0.213. The molecule has 0 fully saturated rings. The first-order chi connectivity index (χ1) is 3.27. The molecule has 0 aromatic rings. The summed E-state index contributed by atoms with van der Waals surface area (Å²) in [6.07, 6.45) is 0.399. The molecule has 0 aromatic carbocycles. The van der Waals surface area contributed by atoms with Crippen LogP contribution >= 0.6 is 0 Å². The maximum absolute atomic E-state index is 10.1. The lowest BCUT2D eigenvalue weighted by Crippen LogP contribution is -1.83. The zero-order valence-corrected chi connectivity index (χ0v) is 4.62. The van der Waals surface area contributed by atoms with E-state index in [2.05, 4.69) is 11.8 Å². The Kier molecular flexibility index (Phi) is 3.04. The number of carbonyl (C=O) groups excluding carboxylic acids is 1. The van der Waals surface area contributed by atoms with Crippen LogP contribution in [0, 0.1) is 11.8 Å². The summed E-state index contributed by atoms with van der Waals surface area (Å²) in [5.74, 6) is 5.41. The second-order valence-electron chi connectivity index (χ2n) is 1.31. The van der Waals surface area contributed by atoms with Crippen molar-refractivity contribution in [3.05, 3.63) is 0 Å². The monoisotopic (exact) mass is 96.1 g/mol. The summed E-state index contributed by atoms with van der Waals surface area (Å²) in [4.78, 5) is 10.1. The van der Waals surface area contributed by atoms with Crippen molar-refractivity contribution >= 4 is 5.78 Å². The molecule has 0 heterocycles. The van der Waals surface area contributed by atoms with Gasteiger partial charge in [-0.3, -0.25) is 4.79 Å². The number of hydrogen-bond acceptors (Lipinski definition) is 1. The third-order valence-electron chi connectivity index (χ3n) is 0.514. The van der Waals surface area contributed by atoms with Crippen LogP contribution in [0.4, 0.5) is 0 Å². The standard InChI is InChI=1S/C6H8O/c1-3-4-5-6(2)7/h5H2,1-2H3. The van der Waals surface area contributed by atoms with E-state index in [4.69, 9.17) is 0 Å². The predicted molar refractivity (Wildman–Crippen MR) is 28.7 cm³/mol. The lowest BCUT2D eigenvalue weighted by Gasteiger charge is -1.74. The van der Waals surface area contributed by atoms with Crippen LogP contribution in [-0.2, 0) is 4.79 Å². The normalized spacial score (nSPS) is 6.57. The molecule has 0 amide bonds. The Hall–Kier alpha value is -0.770. The third-order valence-corrected chi connectivity index (χ3v) is 0.514. The highest BCUT2D eigenvalue weighted by molar-refractivity contribution is 5.77. The number of carbonyl (C=O) groups is 1. The van der Waals surface area contributed by atoms with Crippen molar-refractivity contribution in [2.24, 2.45) is 0 Å². The van der Waals surface area contributed by atoms with Crippen LogP contribution in [0.2, 0.25) is 0 Å². The molecule has 0 aromatic heterocycles. The van der Waals surface area contributed by atoms with E-state index in [1.54, 1.807) is 6.92 Å². The van der Waals surface area contributed by atoms with Gasteiger partial charge >= 0.3 is 0 Å². The zero-order valence-electron chi connectivity index (χ0n) is 4.62. The molecule has 0 saturated heterocycles. The Bertz CT molecular complexity index is 114. The summed E-state index contributed by atoms with van der Waals surface area (Å²) < 4.78 is 0. The van der Waals surface area contributed by atoms with E-state index < -0.39 is 0 Å². The number of Topliss-reactive ketones (excluding diaryl/α,β-unsaturated/α-hetero) is 1. The molecule has 0 unspecified atom stereocenters. The van der Waals surface area contributed by atoms with Crippen LogP contribution < -0.4 is 0 Å². The van der Waals surface area contributed by atoms with Crippen LogP contribution in [0.3, 0.4) is 0 Å². The molecule has 0 aliphatic heterocycles. The number of rotatable bonds is 1. The molecule has 0 N–H and O–H groups in total. The minimum atomic E-state index is 0.134. The molecule has 0 saturated carbocycles. The molecular formula is C6H8O. The molecule has 0 aliphatic rings. The molecule has 38 valence electrons.